The van der Waals surface area contributed by atoms with Crippen molar-refractivity contribution < 1.29 is 9.21 Å². The first-order valence-electron chi connectivity index (χ1n) is 7.53. The van der Waals surface area contributed by atoms with E-state index in [0.717, 1.165) is 12.1 Å². The number of aryl methyl sites for hydroxylation is 1. The van der Waals surface area contributed by atoms with Crippen LogP contribution in [0.15, 0.2) is 34.9 Å². The number of pyridine rings is 1. The van der Waals surface area contributed by atoms with Gasteiger partial charge in [0.1, 0.15) is 5.69 Å². The van der Waals surface area contributed by atoms with Gasteiger partial charge >= 0.3 is 0 Å². The molecule has 5 nitrogen and oxygen atoms in total. The van der Waals surface area contributed by atoms with Gasteiger partial charge in [0.25, 0.3) is 5.91 Å². The maximum atomic E-state index is 12.4. The zero-order valence-electron chi connectivity index (χ0n) is 13.3. The van der Waals surface area contributed by atoms with Crippen LogP contribution < -0.4 is 11.1 Å². The highest BCUT2D eigenvalue weighted by Crippen LogP contribution is 2.19. The average Bonchev–Trinajstić information content (AvgIpc) is 2.99. The molecule has 22 heavy (non-hydrogen) atoms. The predicted octanol–water partition coefficient (Wildman–Crippen LogP) is 2.75. The van der Waals surface area contributed by atoms with E-state index in [2.05, 4.69) is 24.1 Å². The molecule has 0 saturated carbocycles. The molecule has 3 N–H and O–H groups in total. The van der Waals surface area contributed by atoms with Gasteiger partial charge in [-0.1, -0.05) is 13.8 Å². The first kappa shape index (κ1) is 16.2. The van der Waals surface area contributed by atoms with Crippen LogP contribution in [0.1, 0.15) is 36.3 Å². The molecule has 2 heterocycles. The van der Waals surface area contributed by atoms with Crippen LogP contribution >= 0.6 is 0 Å². The first-order chi connectivity index (χ1) is 10.5. The van der Waals surface area contributed by atoms with Crippen LogP contribution in [0.2, 0.25) is 0 Å². The summed E-state index contributed by atoms with van der Waals surface area (Å²) in [6.45, 7) is 6.47. The Bertz CT molecular complexity index is 621. The minimum Gasteiger partial charge on any atom is -0.463 e. The smallest absolute Gasteiger partial charge is 0.253 e. The van der Waals surface area contributed by atoms with Gasteiger partial charge in [-0.3, -0.25) is 4.79 Å². The Hall–Kier alpha value is -2.14. The number of furan rings is 1. The lowest BCUT2D eigenvalue weighted by Gasteiger charge is -2.19. The van der Waals surface area contributed by atoms with Crippen LogP contribution in [0.4, 0.5) is 0 Å². The van der Waals surface area contributed by atoms with Gasteiger partial charge in [-0.2, -0.15) is 0 Å². The van der Waals surface area contributed by atoms with Crippen molar-refractivity contribution in [2.45, 2.75) is 33.2 Å². The van der Waals surface area contributed by atoms with Crippen LogP contribution in [-0.2, 0) is 0 Å². The molecule has 0 aliphatic rings. The third-order valence-electron chi connectivity index (χ3n) is 3.48. The van der Waals surface area contributed by atoms with Crippen molar-refractivity contribution in [2.75, 3.05) is 6.54 Å². The zero-order chi connectivity index (χ0) is 16.1. The fourth-order valence-corrected chi connectivity index (χ4v) is 2.41. The monoisotopic (exact) mass is 301 g/mol. The topological polar surface area (TPSA) is 81.2 Å². The molecule has 0 spiro atoms. The lowest BCUT2D eigenvalue weighted by atomic mass is 10.0. The lowest BCUT2D eigenvalue weighted by molar-refractivity contribution is 0.0932. The van der Waals surface area contributed by atoms with Gasteiger partial charge in [0.15, 0.2) is 5.76 Å². The third kappa shape index (κ3) is 3.95. The van der Waals surface area contributed by atoms with Gasteiger partial charge in [0.05, 0.1) is 17.5 Å². The Morgan fingerprint density at radius 3 is 2.68 bits per heavy atom. The largest absolute Gasteiger partial charge is 0.463 e. The number of carbonyl (C=O) groups excluding carboxylic acids is 1. The highest BCUT2D eigenvalue weighted by Gasteiger charge is 2.16. The molecule has 118 valence electrons. The number of nitrogens with zero attached hydrogens (tertiary/aromatic N) is 1. The summed E-state index contributed by atoms with van der Waals surface area (Å²) in [5.74, 6) is 1.04. The number of nitrogens with two attached hydrogens (primary N) is 1. The molecular formula is C17H23N3O2. The summed E-state index contributed by atoms with van der Waals surface area (Å²) in [7, 11) is 0. The average molecular weight is 301 g/mol. The highest BCUT2D eigenvalue weighted by molar-refractivity contribution is 5.95. The van der Waals surface area contributed by atoms with E-state index in [1.165, 1.54) is 0 Å². The van der Waals surface area contributed by atoms with Gasteiger partial charge in [-0.05, 0) is 43.5 Å². The molecule has 5 heteroatoms. The van der Waals surface area contributed by atoms with Gasteiger partial charge in [0, 0.05) is 12.6 Å². The molecule has 2 rings (SSSR count). The molecule has 0 radical (unpaired) electrons. The molecule has 2 aromatic rings. The van der Waals surface area contributed by atoms with E-state index in [-0.39, 0.29) is 11.9 Å². The summed E-state index contributed by atoms with van der Waals surface area (Å²) in [4.78, 5) is 16.8. The van der Waals surface area contributed by atoms with E-state index in [0.29, 0.717) is 29.5 Å². The summed E-state index contributed by atoms with van der Waals surface area (Å²) < 4.78 is 5.32. The molecule has 0 aliphatic carbocycles. The molecule has 0 bridgehead atoms. The Morgan fingerprint density at radius 2 is 2.14 bits per heavy atom. The number of aromatic nitrogens is 1. The van der Waals surface area contributed by atoms with Crippen molar-refractivity contribution in [1.82, 2.24) is 10.3 Å². The summed E-state index contributed by atoms with van der Waals surface area (Å²) in [6.07, 6.45) is 2.46. The van der Waals surface area contributed by atoms with Crippen molar-refractivity contribution in [3.63, 3.8) is 0 Å². The van der Waals surface area contributed by atoms with E-state index in [9.17, 15) is 4.79 Å². The van der Waals surface area contributed by atoms with E-state index >= 15 is 0 Å². The van der Waals surface area contributed by atoms with Crippen molar-refractivity contribution >= 4 is 5.91 Å². The minimum atomic E-state index is -0.132. The molecule has 0 aromatic carbocycles. The van der Waals surface area contributed by atoms with Crippen LogP contribution in [0, 0.1) is 12.8 Å². The molecule has 1 atom stereocenters. The van der Waals surface area contributed by atoms with Crippen molar-refractivity contribution in [1.29, 1.82) is 0 Å². The second-order valence-electron chi connectivity index (χ2n) is 5.84. The maximum absolute atomic E-state index is 12.4. The number of amides is 1. The second-order valence-corrected chi connectivity index (χ2v) is 5.84. The highest BCUT2D eigenvalue weighted by atomic mass is 16.3. The Kier molecular flexibility index (Phi) is 5.33. The Labute approximate surface area is 130 Å². The number of carbonyl (C=O) groups is 1. The first-order valence-corrected chi connectivity index (χ1v) is 7.53. The molecule has 0 aliphatic heterocycles. The van der Waals surface area contributed by atoms with Gasteiger partial charge in [-0.25, -0.2) is 4.98 Å². The maximum Gasteiger partial charge on any atom is 0.253 e. The fourth-order valence-electron chi connectivity index (χ4n) is 2.41. The number of nitrogens with one attached hydrogen (secondary N) is 1. The van der Waals surface area contributed by atoms with Gasteiger partial charge in [0.2, 0.25) is 0 Å². The normalized spacial score (nSPS) is 12.4. The van der Waals surface area contributed by atoms with Gasteiger partial charge in [-0.15, -0.1) is 0 Å². The molecule has 0 saturated heterocycles. The molecule has 0 fully saturated rings. The van der Waals surface area contributed by atoms with E-state index in [4.69, 9.17) is 10.2 Å². The van der Waals surface area contributed by atoms with E-state index in [1.807, 2.05) is 19.1 Å². The van der Waals surface area contributed by atoms with Crippen LogP contribution in [0.5, 0.6) is 0 Å². The summed E-state index contributed by atoms with van der Waals surface area (Å²) in [6, 6.07) is 7.20. The minimum absolute atomic E-state index is 0.0170. The van der Waals surface area contributed by atoms with E-state index in [1.54, 1.807) is 18.4 Å². The molecule has 1 unspecified atom stereocenters. The molecule has 2 aromatic heterocycles. The van der Waals surface area contributed by atoms with Crippen molar-refractivity contribution in [3.05, 3.63) is 41.8 Å². The molecular weight excluding hydrogens is 278 g/mol. The quantitative estimate of drug-likeness (QED) is 0.859. The summed E-state index contributed by atoms with van der Waals surface area (Å²) in [5, 5.41) is 2.98. The standard InChI is InChI=1S/C17H23N3O2/c1-11(2)9-13(10-18)20-17(21)14-6-7-15(19-12(14)3)16-5-4-8-22-16/h4-8,11,13H,9-10,18H2,1-3H3,(H,20,21). The third-order valence-corrected chi connectivity index (χ3v) is 3.48. The van der Waals surface area contributed by atoms with Crippen LogP contribution in [0.25, 0.3) is 11.5 Å². The van der Waals surface area contributed by atoms with Crippen molar-refractivity contribution in [3.8, 4) is 11.5 Å². The second kappa shape index (κ2) is 7.22. The van der Waals surface area contributed by atoms with E-state index < -0.39 is 0 Å². The SMILES string of the molecule is Cc1nc(-c2ccco2)ccc1C(=O)NC(CN)CC(C)C. The zero-order valence-corrected chi connectivity index (χ0v) is 13.3. The molecule has 1 amide bonds. The van der Waals surface area contributed by atoms with Gasteiger partial charge < -0.3 is 15.5 Å². The van der Waals surface area contributed by atoms with Crippen LogP contribution in [-0.4, -0.2) is 23.5 Å². The summed E-state index contributed by atoms with van der Waals surface area (Å²) in [5.41, 5.74) is 7.69. The predicted molar refractivity (Wildman–Crippen MR) is 86.4 cm³/mol. The number of hydrogen-bond donors (Lipinski definition) is 2. The Morgan fingerprint density at radius 1 is 1.36 bits per heavy atom. The van der Waals surface area contributed by atoms with Crippen molar-refractivity contribution in [2.24, 2.45) is 11.7 Å². The number of hydrogen-bond acceptors (Lipinski definition) is 4. The lowest BCUT2D eigenvalue weighted by Crippen LogP contribution is -2.41. The Balaban J connectivity index is 2.13. The number of rotatable bonds is 6. The van der Waals surface area contributed by atoms with Crippen LogP contribution in [0.3, 0.4) is 0 Å². The fraction of sp³-hybridized carbons (Fsp3) is 0.412. The summed E-state index contributed by atoms with van der Waals surface area (Å²) >= 11 is 0.